The molecule has 0 saturated heterocycles. The van der Waals surface area contributed by atoms with Gasteiger partial charge < -0.3 is 14.0 Å². The van der Waals surface area contributed by atoms with Gasteiger partial charge in [0.15, 0.2) is 5.60 Å². The summed E-state index contributed by atoms with van der Waals surface area (Å²) in [6.07, 6.45) is 3.05. The molecule has 1 aromatic carbocycles. The van der Waals surface area contributed by atoms with E-state index in [-0.39, 0.29) is 0 Å². The van der Waals surface area contributed by atoms with Crippen molar-refractivity contribution in [1.29, 1.82) is 0 Å². The molecule has 0 aliphatic heterocycles. The number of rotatable bonds is 6. The van der Waals surface area contributed by atoms with Gasteiger partial charge in [0.25, 0.3) is 5.89 Å². The molecule has 8 heteroatoms. The quantitative estimate of drug-likeness (QED) is 0.659. The summed E-state index contributed by atoms with van der Waals surface area (Å²) < 4.78 is 16.5. The maximum absolute atomic E-state index is 5.93. The average molecular weight is 361 g/mol. The van der Waals surface area contributed by atoms with Crippen molar-refractivity contribution in [2.45, 2.75) is 26.4 Å². The highest BCUT2D eigenvalue weighted by Gasteiger charge is 2.30. The van der Waals surface area contributed by atoms with Crippen LogP contribution in [0.15, 0.2) is 41.2 Å². The Morgan fingerprint density at radius 3 is 2.52 bits per heavy atom. The van der Waals surface area contributed by atoms with Gasteiger partial charge in [-0.25, -0.2) is 9.97 Å². The van der Waals surface area contributed by atoms with E-state index < -0.39 is 5.60 Å². The van der Waals surface area contributed by atoms with E-state index in [0.717, 1.165) is 0 Å². The molecule has 0 N–H and O–H groups in total. The van der Waals surface area contributed by atoms with Crippen molar-refractivity contribution in [2.24, 2.45) is 0 Å². The number of hydrogen-bond donors (Lipinski definition) is 0. The van der Waals surface area contributed by atoms with Gasteiger partial charge in [-0.3, -0.25) is 0 Å². The van der Waals surface area contributed by atoms with Gasteiger partial charge in [0, 0.05) is 5.02 Å². The van der Waals surface area contributed by atoms with Crippen LogP contribution >= 0.6 is 11.6 Å². The zero-order valence-corrected chi connectivity index (χ0v) is 14.8. The van der Waals surface area contributed by atoms with Gasteiger partial charge >= 0.3 is 0 Å². The molecule has 0 bridgehead atoms. The molecule has 0 radical (unpaired) electrons. The maximum Gasteiger partial charge on any atom is 0.270 e. The molecular weight excluding hydrogens is 344 g/mol. The fourth-order valence-electron chi connectivity index (χ4n) is 2.07. The van der Waals surface area contributed by atoms with E-state index in [1.54, 1.807) is 24.3 Å². The molecule has 0 atom stereocenters. The first-order valence-corrected chi connectivity index (χ1v) is 8.09. The molecule has 0 unspecified atom stereocenters. The third kappa shape index (κ3) is 4.06. The zero-order valence-electron chi connectivity index (χ0n) is 14.1. The van der Waals surface area contributed by atoms with Crippen LogP contribution in [0.1, 0.15) is 26.7 Å². The average Bonchev–Trinajstić information content (AvgIpc) is 3.09. The van der Waals surface area contributed by atoms with Gasteiger partial charge in [0.1, 0.15) is 11.4 Å². The molecule has 7 nitrogen and oxygen atoms in total. The van der Waals surface area contributed by atoms with Crippen LogP contribution in [-0.4, -0.2) is 26.7 Å². The minimum atomic E-state index is -0.822. The smallest absolute Gasteiger partial charge is 0.270 e. The molecule has 25 heavy (non-hydrogen) atoms. The summed E-state index contributed by atoms with van der Waals surface area (Å²) in [4.78, 5) is 12.7. The van der Waals surface area contributed by atoms with Crippen LogP contribution in [0.5, 0.6) is 11.6 Å². The zero-order chi connectivity index (χ0) is 17.9. The monoisotopic (exact) mass is 360 g/mol. The number of hydrogen-bond acceptors (Lipinski definition) is 7. The van der Waals surface area contributed by atoms with Gasteiger partial charge in [-0.15, -0.1) is 0 Å². The predicted octanol–water partition coefficient (Wildman–Crippen LogP) is 3.89. The van der Waals surface area contributed by atoms with Gasteiger partial charge in [-0.1, -0.05) is 16.8 Å². The molecule has 2 aromatic heterocycles. The van der Waals surface area contributed by atoms with Crippen molar-refractivity contribution >= 4 is 11.6 Å². The SMILES string of the molecule is CCOc1cnc(-c2noc(C(C)(C)Oc3ccc(Cl)cc3)n2)cn1. The Labute approximate surface area is 150 Å². The van der Waals surface area contributed by atoms with Crippen molar-refractivity contribution in [1.82, 2.24) is 20.1 Å². The number of benzene rings is 1. The Hall–Kier alpha value is -2.67. The van der Waals surface area contributed by atoms with E-state index in [0.29, 0.717) is 40.7 Å². The third-order valence-electron chi connectivity index (χ3n) is 3.28. The second-order valence-corrected chi connectivity index (χ2v) is 6.10. The molecule has 0 aliphatic carbocycles. The summed E-state index contributed by atoms with van der Waals surface area (Å²) >= 11 is 5.88. The van der Waals surface area contributed by atoms with Crippen LogP contribution in [0, 0.1) is 0 Å². The number of nitrogens with zero attached hydrogens (tertiary/aromatic N) is 4. The molecule has 0 aliphatic rings. The summed E-state index contributed by atoms with van der Waals surface area (Å²) in [6.45, 7) is 6.08. The Morgan fingerprint density at radius 2 is 1.88 bits per heavy atom. The molecule has 130 valence electrons. The van der Waals surface area contributed by atoms with Gasteiger partial charge in [0.2, 0.25) is 11.7 Å². The minimum Gasteiger partial charge on any atom is -0.478 e. The summed E-state index contributed by atoms with van der Waals surface area (Å²) in [5.74, 6) is 1.75. The Kier molecular flexibility index (Phi) is 4.85. The van der Waals surface area contributed by atoms with Crippen molar-refractivity contribution < 1.29 is 14.0 Å². The van der Waals surface area contributed by atoms with Crippen LogP contribution in [0.4, 0.5) is 0 Å². The van der Waals surface area contributed by atoms with E-state index in [1.807, 2.05) is 20.8 Å². The standard InChI is InChI=1S/C17H17ClN4O3/c1-4-23-14-10-19-13(9-20-14)15-21-16(25-22-15)17(2,3)24-12-7-5-11(18)6-8-12/h5-10H,4H2,1-3H3. The molecular formula is C17H17ClN4O3. The summed E-state index contributed by atoms with van der Waals surface area (Å²) in [5.41, 5.74) is -0.335. The lowest BCUT2D eigenvalue weighted by molar-refractivity contribution is 0.0692. The summed E-state index contributed by atoms with van der Waals surface area (Å²) in [6, 6.07) is 7.06. The molecule has 2 heterocycles. The summed E-state index contributed by atoms with van der Waals surface area (Å²) in [5, 5.41) is 4.59. The summed E-state index contributed by atoms with van der Waals surface area (Å²) in [7, 11) is 0. The van der Waals surface area contributed by atoms with E-state index in [2.05, 4.69) is 20.1 Å². The van der Waals surface area contributed by atoms with E-state index in [1.165, 1.54) is 12.4 Å². The molecule has 0 amide bonds. The Bertz CT molecular complexity index is 832. The molecule has 3 rings (SSSR count). The fourth-order valence-corrected chi connectivity index (χ4v) is 2.19. The highest BCUT2D eigenvalue weighted by atomic mass is 35.5. The van der Waals surface area contributed by atoms with Crippen molar-refractivity contribution in [3.63, 3.8) is 0 Å². The first-order valence-electron chi connectivity index (χ1n) is 7.72. The van der Waals surface area contributed by atoms with E-state index >= 15 is 0 Å². The topological polar surface area (TPSA) is 83.2 Å². The van der Waals surface area contributed by atoms with Crippen LogP contribution < -0.4 is 9.47 Å². The van der Waals surface area contributed by atoms with Gasteiger partial charge in [-0.2, -0.15) is 4.98 Å². The molecule has 3 aromatic rings. The number of halogens is 1. The lowest BCUT2D eigenvalue weighted by atomic mass is 10.1. The highest BCUT2D eigenvalue weighted by molar-refractivity contribution is 6.30. The maximum atomic E-state index is 5.93. The second kappa shape index (κ2) is 7.06. The van der Waals surface area contributed by atoms with Crippen molar-refractivity contribution in [2.75, 3.05) is 6.61 Å². The fraction of sp³-hybridized carbons (Fsp3) is 0.294. The Morgan fingerprint density at radius 1 is 1.12 bits per heavy atom. The lowest BCUT2D eigenvalue weighted by Gasteiger charge is -2.22. The van der Waals surface area contributed by atoms with E-state index in [9.17, 15) is 0 Å². The normalized spacial score (nSPS) is 11.4. The lowest BCUT2D eigenvalue weighted by Crippen LogP contribution is -2.25. The van der Waals surface area contributed by atoms with Crippen LogP contribution in [0.3, 0.4) is 0 Å². The third-order valence-corrected chi connectivity index (χ3v) is 3.53. The molecule has 0 spiro atoms. The molecule has 0 saturated carbocycles. The largest absolute Gasteiger partial charge is 0.478 e. The highest BCUT2D eigenvalue weighted by Crippen LogP contribution is 2.28. The van der Waals surface area contributed by atoms with Crippen LogP contribution in [0.2, 0.25) is 5.02 Å². The Balaban J connectivity index is 1.78. The number of aromatic nitrogens is 4. The minimum absolute atomic E-state index is 0.327. The first kappa shape index (κ1) is 17.2. The second-order valence-electron chi connectivity index (χ2n) is 5.66. The van der Waals surface area contributed by atoms with Crippen LogP contribution in [0.25, 0.3) is 11.5 Å². The first-order chi connectivity index (χ1) is 12.0. The van der Waals surface area contributed by atoms with Crippen LogP contribution in [-0.2, 0) is 5.60 Å². The van der Waals surface area contributed by atoms with Gasteiger partial charge in [0.05, 0.1) is 19.0 Å². The predicted molar refractivity (Wildman–Crippen MR) is 91.6 cm³/mol. The van der Waals surface area contributed by atoms with Gasteiger partial charge in [-0.05, 0) is 45.0 Å². The molecule has 0 fully saturated rings. The van der Waals surface area contributed by atoms with Crippen molar-refractivity contribution in [3.8, 4) is 23.1 Å². The van der Waals surface area contributed by atoms with Crippen molar-refractivity contribution in [3.05, 3.63) is 47.6 Å². The van der Waals surface area contributed by atoms with E-state index in [4.69, 9.17) is 25.6 Å². The number of ether oxygens (including phenoxy) is 2.